The van der Waals surface area contributed by atoms with Gasteiger partial charge in [0.1, 0.15) is 6.33 Å². The van der Waals surface area contributed by atoms with Gasteiger partial charge in [0.05, 0.1) is 26.9 Å². The van der Waals surface area contributed by atoms with Crippen molar-refractivity contribution in [3.63, 3.8) is 0 Å². The molecule has 3 N–H and O–H groups in total. The Balaban J connectivity index is 2.55. The molecule has 1 rings (SSSR count). The van der Waals surface area contributed by atoms with Gasteiger partial charge in [0, 0.05) is 13.1 Å². The van der Waals surface area contributed by atoms with E-state index < -0.39 is 0 Å². The van der Waals surface area contributed by atoms with Crippen LogP contribution in [0, 0.1) is 0 Å². The Labute approximate surface area is 107 Å². The fraction of sp³-hybridized carbons (Fsp3) is 0.636. The molecule has 0 fully saturated rings. The molecule has 0 saturated heterocycles. The summed E-state index contributed by atoms with van der Waals surface area (Å²) >= 11 is 0. The maximum absolute atomic E-state index is 8.57. The van der Waals surface area contributed by atoms with Crippen LogP contribution in [-0.2, 0) is 4.74 Å². The third-order valence-corrected chi connectivity index (χ3v) is 2.13. The van der Waals surface area contributed by atoms with Crippen LogP contribution in [0.1, 0.15) is 6.92 Å². The monoisotopic (exact) mass is 256 g/mol. The first-order chi connectivity index (χ1) is 8.83. The lowest BCUT2D eigenvalue weighted by atomic mass is 10.4. The number of rotatable bonds is 9. The largest absolute Gasteiger partial charge is 0.490 e. The van der Waals surface area contributed by atoms with Gasteiger partial charge in [-0.05, 0) is 6.92 Å². The quantitative estimate of drug-likeness (QED) is 0.549. The average molecular weight is 256 g/mol. The van der Waals surface area contributed by atoms with Gasteiger partial charge in [-0.2, -0.15) is 0 Å². The molecule has 0 bridgehead atoms. The molecule has 7 heteroatoms. The zero-order chi connectivity index (χ0) is 13.2. The summed E-state index contributed by atoms with van der Waals surface area (Å²) in [5, 5.41) is 14.8. The van der Waals surface area contributed by atoms with Crippen LogP contribution in [0.25, 0.3) is 0 Å². The highest BCUT2D eigenvalue weighted by atomic mass is 16.5. The van der Waals surface area contributed by atoms with E-state index in [4.69, 9.17) is 14.6 Å². The number of hydrogen-bond donors (Lipinski definition) is 3. The van der Waals surface area contributed by atoms with Gasteiger partial charge in [-0.1, -0.05) is 0 Å². The Morgan fingerprint density at radius 3 is 2.56 bits per heavy atom. The number of anilines is 2. The smallest absolute Gasteiger partial charge is 0.204 e. The van der Waals surface area contributed by atoms with Crippen LogP contribution < -0.4 is 15.4 Å². The Morgan fingerprint density at radius 1 is 1.22 bits per heavy atom. The fourth-order valence-corrected chi connectivity index (χ4v) is 1.39. The second kappa shape index (κ2) is 8.48. The predicted octanol–water partition coefficient (Wildman–Crippen LogP) is 0.338. The number of aromatic nitrogens is 2. The minimum atomic E-state index is 0.0292. The molecule has 18 heavy (non-hydrogen) atoms. The Bertz CT molecular complexity index is 349. The molecule has 0 saturated carbocycles. The molecule has 1 aromatic rings. The first kappa shape index (κ1) is 14.5. The van der Waals surface area contributed by atoms with Crippen molar-refractivity contribution in [2.24, 2.45) is 0 Å². The lowest BCUT2D eigenvalue weighted by Gasteiger charge is -2.13. The molecule has 1 heterocycles. The average Bonchev–Trinajstić information content (AvgIpc) is 2.39. The predicted molar refractivity (Wildman–Crippen MR) is 69.1 cm³/mol. The third-order valence-electron chi connectivity index (χ3n) is 2.13. The Kier molecular flexibility index (Phi) is 6.82. The summed E-state index contributed by atoms with van der Waals surface area (Å²) in [6.45, 7) is 4.18. The summed E-state index contributed by atoms with van der Waals surface area (Å²) in [6.07, 6.45) is 1.47. The van der Waals surface area contributed by atoms with Gasteiger partial charge in [0.2, 0.25) is 5.75 Å². The molecule has 0 spiro atoms. The van der Waals surface area contributed by atoms with Crippen LogP contribution in [0.5, 0.6) is 5.75 Å². The van der Waals surface area contributed by atoms with E-state index in [9.17, 15) is 0 Å². The van der Waals surface area contributed by atoms with E-state index in [2.05, 4.69) is 20.6 Å². The van der Waals surface area contributed by atoms with E-state index in [1.54, 1.807) is 7.11 Å². The highest BCUT2D eigenvalue weighted by molar-refractivity contribution is 5.63. The molecular weight excluding hydrogens is 236 g/mol. The van der Waals surface area contributed by atoms with Gasteiger partial charge in [0.25, 0.3) is 0 Å². The number of ether oxygens (including phenoxy) is 2. The highest BCUT2D eigenvalue weighted by Gasteiger charge is 2.10. The summed E-state index contributed by atoms with van der Waals surface area (Å²) in [5.41, 5.74) is 0. The van der Waals surface area contributed by atoms with E-state index in [-0.39, 0.29) is 6.61 Å². The molecule has 0 aromatic carbocycles. The summed E-state index contributed by atoms with van der Waals surface area (Å²) in [7, 11) is 1.58. The molecule has 0 aliphatic heterocycles. The Morgan fingerprint density at radius 2 is 1.94 bits per heavy atom. The van der Waals surface area contributed by atoms with E-state index in [1.165, 1.54) is 6.33 Å². The standard InChI is InChI=1S/C11H20N4O3/c1-3-12-10-9(17-2)11(15-8-14-10)13-4-6-18-7-5-16/h8,16H,3-7H2,1-2H3,(H2,12,13,14,15). The molecule has 0 aliphatic rings. The van der Waals surface area contributed by atoms with E-state index in [0.717, 1.165) is 6.54 Å². The molecule has 102 valence electrons. The SMILES string of the molecule is CCNc1ncnc(NCCOCCO)c1OC. The normalized spacial score (nSPS) is 10.2. The van der Waals surface area contributed by atoms with Gasteiger partial charge < -0.3 is 25.2 Å². The molecule has 0 atom stereocenters. The van der Waals surface area contributed by atoms with Gasteiger partial charge in [0.15, 0.2) is 11.6 Å². The van der Waals surface area contributed by atoms with E-state index in [1.807, 2.05) is 6.92 Å². The number of methoxy groups -OCH3 is 1. The highest BCUT2D eigenvalue weighted by Crippen LogP contribution is 2.28. The van der Waals surface area contributed by atoms with E-state index in [0.29, 0.717) is 37.1 Å². The van der Waals surface area contributed by atoms with Crippen molar-refractivity contribution in [2.75, 3.05) is 50.7 Å². The van der Waals surface area contributed by atoms with Gasteiger partial charge in [-0.3, -0.25) is 0 Å². The van der Waals surface area contributed by atoms with Gasteiger partial charge in [-0.15, -0.1) is 0 Å². The lowest BCUT2D eigenvalue weighted by molar-refractivity contribution is 0.0991. The number of nitrogens with zero attached hydrogens (tertiary/aromatic N) is 2. The van der Waals surface area contributed by atoms with Crippen LogP contribution in [-0.4, -0.2) is 55.1 Å². The zero-order valence-electron chi connectivity index (χ0n) is 10.8. The van der Waals surface area contributed by atoms with Crippen molar-refractivity contribution in [2.45, 2.75) is 6.92 Å². The summed E-state index contributed by atoms with van der Waals surface area (Å²) in [5.74, 6) is 1.87. The van der Waals surface area contributed by atoms with Crippen LogP contribution in [0.4, 0.5) is 11.6 Å². The molecule has 0 unspecified atom stereocenters. The molecule has 0 radical (unpaired) electrons. The summed E-state index contributed by atoms with van der Waals surface area (Å²) in [4.78, 5) is 8.22. The lowest BCUT2D eigenvalue weighted by Crippen LogP contribution is -2.14. The number of aliphatic hydroxyl groups is 1. The number of aliphatic hydroxyl groups excluding tert-OH is 1. The first-order valence-corrected chi connectivity index (χ1v) is 5.88. The van der Waals surface area contributed by atoms with Crippen molar-refractivity contribution < 1.29 is 14.6 Å². The number of nitrogens with one attached hydrogen (secondary N) is 2. The second-order valence-electron chi connectivity index (χ2n) is 3.40. The van der Waals surface area contributed by atoms with Crippen LogP contribution in [0.3, 0.4) is 0 Å². The molecule has 7 nitrogen and oxygen atoms in total. The molecule has 1 aromatic heterocycles. The maximum atomic E-state index is 8.57. The fourth-order valence-electron chi connectivity index (χ4n) is 1.39. The van der Waals surface area contributed by atoms with Crippen LogP contribution in [0.2, 0.25) is 0 Å². The topological polar surface area (TPSA) is 88.5 Å². The minimum absolute atomic E-state index is 0.0292. The van der Waals surface area contributed by atoms with Crippen molar-refractivity contribution in [1.82, 2.24) is 9.97 Å². The van der Waals surface area contributed by atoms with Crippen molar-refractivity contribution in [3.8, 4) is 5.75 Å². The maximum Gasteiger partial charge on any atom is 0.204 e. The summed E-state index contributed by atoms with van der Waals surface area (Å²) < 4.78 is 10.4. The molecule has 0 aliphatic carbocycles. The summed E-state index contributed by atoms with van der Waals surface area (Å²) in [6, 6.07) is 0. The van der Waals surface area contributed by atoms with Crippen molar-refractivity contribution >= 4 is 11.6 Å². The van der Waals surface area contributed by atoms with Crippen molar-refractivity contribution in [3.05, 3.63) is 6.33 Å². The first-order valence-electron chi connectivity index (χ1n) is 5.88. The minimum Gasteiger partial charge on any atom is -0.490 e. The second-order valence-corrected chi connectivity index (χ2v) is 3.40. The van der Waals surface area contributed by atoms with E-state index >= 15 is 0 Å². The zero-order valence-corrected chi connectivity index (χ0v) is 10.8. The van der Waals surface area contributed by atoms with Crippen molar-refractivity contribution in [1.29, 1.82) is 0 Å². The third kappa shape index (κ3) is 4.34. The van der Waals surface area contributed by atoms with Crippen LogP contribution in [0.15, 0.2) is 6.33 Å². The van der Waals surface area contributed by atoms with Gasteiger partial charge >= 0.3 is 0 Å². The Hall–Kier alpha value is -1.60. The van der Waals surface area contributed by atoms with Crippen LogP contribution >= 0.6 is 0 Å². The molecule has 0 amide bonds. The number of hydrogen-bond acceptors (Lipinski definition) is 7. The van der Waals surface area contributed by atoms with Gasteiger partial charge in [-0.25, -0.2) is 9.97 Å². The molecular formula is C11H20N4O3.